The van der Waals surface area contributed by atoms with Crippen LogP contribution in [0.2, 0.25) is 5.02 Å². The smallest absolute Gasteiger partial charge is 0.275 e. The third-order valence-electron chi connectivity index (χ3n) is 5.86. The van der Waals surface area contributed by atoms with Gasteiger partial charge in [0.25, 0.3) is 5.91 Å². The number of para-hydroxylation sites is 1. The van der Waals surface area contributed by atoms with Crippen molar-refractivity contribution in [1.29, 1.82) is 0 Å². The molecule has 1 atom stereocenters. The number of amides is 2. The van der Waals surface area contributed by atoms with Gasteiger partial charge in [-0.3, -0.25) is 9.59 Å². The van der Waals surface area contributed by atoms with Crippen molar-refractivity contribution >= 4 is 40.5 Å². The molecule has 0 unspecified atom stereocenters. The minimum atomic E-state index is -1.10. The van der Waals surface area contributed by atoms with Crippen molar-refractivity contribution in [2.75, 3.05) is 13.1 Å². The normalized spacial score (nSPS) is 21.7. The van der Waals surface area contributed by atoms with E-state index in [0.29, 0.717) is 11.6 Å². The number of H-pyrrole nitrogens is 1. The number of aromatic nitrogens is 1. The van der Waals surface area contributed by atoms with E-state index < -0.39 is 5.54 Å². The number of carbonyl (C=O) groups excluding carboxylic acids is 2. The molecule has 6 nitrogen and oxygen atoms in total. The Morgan fingerprint density at radius 1 is 1.17 bits per heavy atom. The molecule has 7 heteroatoms. The van der Waals surface area contributed by atoms with E-state index in [1.165, 1.54) is 5.01 Å². The summed E-state index contributed by atoms with van der Waals surface area (Å²) in [7, 11) is 0. The highest BCUT2D eigenvalue weighted by Gasteiger charge is 2.54. The van der Waals surface area contributed by atoms with E-state index in [2.05, 4.69) is 10.1 Å². The Bertz CT molecular complexity index is 1180. The lowest BCUT2D eigenvalue weighted by Gasteiger charge is -2.48. The van der Waals surface area contributed by atoms with E-state index >= 15 is 0 Å². The first-order valence-corrected chi connectivity index (χ1v) is 9.88. The van der Waals surface area contributed by atoms with Gasteiger partial charge in [0.1, 0.15) is 6.54 Å². The Morgan fingerprint density at radius 3 is 2.83 bits per heavy atom. The first kappa shape index (κ1) is 17.9. The summed E-state index contributed by atoms with van der Waals surface area (Å²) in [6.45, 7) is 2.25. The number of hydrazone groups is 1. The maximum absolute atomic E-state index is 13.5. The van der Waals surface area contributed by atoms with E-state index in [1.54, 1.807) is 23.2 Å². The number of nitrogens with one attached hydrogen (secondary N) is 1. The molecule has 2 aliphatic rings. The van der Waals surface area contributed by atoms with Crippen LogP contribution in [0.3, 0.4) is 0 Å². The summed E-state index contributed by atoms with van der Waals surface area (Å²) in [5.41, 5.74) is 2.51. The van der Waals surface area contributed by atoms with Crippen molar-refractivity contribution in [3.05, 3.63) is 70.4 Å². The summed E-state index contributed by atoms with van der Waals surface area (Å²) in [5, 5.41) is 7.28. The van der Waals surface area contributed by atoms with Gasteiger partial charge in [0.15, 0.2) is 5.54 Å². The van der Waals surface area contributed by atoms with Gasteiger partial charge >= 0.3 is 0 Å². The number of rotatable bonds is 2. The Labute approximate surface area is 172 Å². The largest absolute Gasteiger partial charge is 0.356 e. The summed E-state index contributed by atoms with van der Waals surface area (Å²) in [5.74, 6) is -0.331. The van der Waals surface area contributed by atoms with E-state index in [-0.39, 0.29) is 18.4 Å². The predicted molar refractivity (Wildman–Crippen MR) is 112 cm³/mol. The number of fused-ring (bicyclic) bond motifs is 5. The Hall–Kier alpha value is -3.12. The highest BCUT2D eigenvalue weighted by Crippen LogP contribution is 2.41. The van der Waals surface area contributed by atoms with Crippen LogP contribution in [0.25, 0.3) is 10.9 Å². The molecule has 0 saturated carbocycles. The third kappa shape index (κ3) is 2.67. The fourth-order valence-electron chi connectivity index (χ4n) is 4.41. The average Bonchev–Trinajstić information content (AvgIpc) is 3.10. The van der Waals surface area contributed by atoms with Gasteiger partial charge < -0.3 is 9.88 Å². The maximum Gasteiger partial charge on any atom is 0.275 e. The quantitative estimate of drug-likeness (QED) is 0.663. The number of carbonyl (C=O) groups is 2. The molecule has 0 bridgehead atoms. The predicted octanol–water partition coefficient (Wildman–Crippen LogP) is 3.30. The van der Waals surface area contributed by atoms with Crippen molar-refractivity contribution < 1.29 is 9.59 Å². The lowest BCUT2D eigenvalue weighted by molar-refractivity contribution is -0.165. The minimum absolute atomic E-state index is 0.0684. The number of hydrogen-bond donors (Lipinski definition) is 1. The van der Waals surface area contributed by atoms with Crippen molar-refractivity contribution in [2.45, 2.75) is 18.9 Å². The SMILES string of the molecule is C[C@]12C(=O)N(/N=C\c3cccc(Cl)c3)CC(=O)N1CCc1c2[nH]c2ccccc12. The molecule has 1 saturated heterocycles. The molecule has 0 aliphatic carbocycles. The lowest BCUT2D eigenvalue weighted by atomic mass is 9.83. The molecule has 2 aliphatic heterocycles. The number of benzene rings is 2. The van der Waals surface area contributed by atoms with Crippen LogP contribution in [-0.4, -0.2) is 46.0 Å². The summed E-state index contributed by atoms with van der Waals surface area (Å²) in [6.07, 6.45) is 2.28. The van der Waals surface area contributed by atoms with Crippen LogP contribution < -0.4 is 0 Å². The van der Waals surface area contributed by atoms with E-state index in [9.17, 15) is 9.59 Å². The zero-order chi connectivity index (χ0) is 20.2. The second-order valence-electron chi connectivity index (χ2n) is 7.55. The highest BCUT2D eigenvalue weighted by atomic mass is 35.5. The summed E-state index contributed by atoms with van der Waals surface area (Å²) >= 11 is 6.02. The Morgan fingerprint density at radius 2 is 2.00 bits per heavy atom. The van der Waals surface area contributed by atoms with Crippen LogP contribution in [0.4, 0.5) is 0 Å². The summed E-state index contributed by atoms with van der Waals surface area (Å²) < 4.78 is 0. The molecular weight excluding hydrogens is 388 g/mol. The van der Waals surface area contributed by atoms with E-state index in [4.69, 9.17) is 11.6 Å². The van der Waals surface area contributed by atoms with Crippen LogP contribution in [0.15, 0.2) is 53.6 Å². The average molecular weight is 407 g/mol. The number of hydrogen-bond acceptors (Lipinski definition) is 3. The first-order chi connectivity index (χ1) is 14.0. The molecule has 2 aromatic carbocycles. The van der Waals surface area contributed by atoms with Crippen LogP contribution in [0.1, 0.15) is 23.7 Å². The molecule has 29 heavy (non-hydrogen) atoms. The van der Waals surface area contributed by atoms with Gasteiger partial charge in [-0.1, -0.05) is 41.9 Å². The fraction of sp³-hybridized carbons (Fsp3) is 0.227. The van der Waals surface area contributed by atoms with Crippen molar-refractivity contribution in [3.8, 4) is 0 Å². The number of aromatic amines is 1. The molecule has 1 N–H and O–H groups in total. The molecule has 5 rings (SSSR count). The van der Waals surface area contributed by atoms with Crippen LogP contribution in [0, 0.1) is 0 Å². The van der Waals surface area contributed by atoms with Crippen molar-refractivity contribution in [2.24, 2.45) is 5.10 Å². The molecule has 3 aromatic rings. The monoisotopic (exact) mass is 406 g/mol. The van der Waals surface area contributed by atoms with E-state index in [0.717, 1.165) is 34.1 Å². The standard InChI is InChI=1S/C22H19ClN4O2/c1-22-20-17(16-7-2-3-8-18(16)25-20)9-10-26(22)19(28)13-27(21(22)29)24-12-14-5-4-6-15(23)11-14/h2-8,11-12,25H,9-10,13H2,1H3/b24-12-/t22-/m0/s1. The molecule has 1 aromatic heterocycles. The van der Waals surface area contributed by atoms with Gasteiger partial charge in [-0.25, -0.2) is 5.01 Å². The summed E-state index contributed by atoms with van der Waals surface area (Å²) in [6, 6.07) is 15.2. The highest BCUT2D eigenvalue weighted by molar-refractivity contribution is 6.30. The Balaban J connectivity index is 1.57. The molecule has 0 radical (unpaired) electrons. The maximum atomic E-state index is 13.5. The second-order valence-corrected chi connectivity index (χ2v) is 7.99. The number of nitrogens with zero attached hydrogens (tertiary/aromatic N) is 3. The third-order valence-corrected chi connectivity index (χ3v) is 6.09. The van der Waals surface area contributed by atoms with Gasteiger partial charge in [0, 0.05) is 22.5 Å². The zero-order valence-electron chi connectivity index (χ0n) is 15.9. The molecule has 3 heterocycles. The molecule has 2 amide bonds. The Kier molecular flexibility index (Phi) is 3.99. The fourth-order valence-corrected chi connectivity index (χ4v) is 4.61. The second kappa shape index (κ2) is 6.46. The van der Waals surface area contributed by atoms with Gasteiger partial charge in [0.05, 0.1) is 11.9 Å². The summed E-state index contributed by atoms with van der Waals surface area (Å²) in [4.78, 5) is 31.5. The van der Waals surface area contributed by atoms with Crippen LogP contribution in [-0.2, 0) is 21.5 Å². The lowest BCUT2D eigenvalue weighted by Crippen LogP contribution is -2.65. The molecular formula is C22H19ClN4O2. The van der Waals surface area contributed by atoms with Crippen LogP contribution in [0.5, 0.6) is 0 Å². The van der Waals surface area contributed by atoms with Gasteiger partial charge in [0.2, 0.25) is 5.91 Å². The molecule has 146 valence electrons. The number of piperazine rings is 1. The first-order valence-electron chi connectivity index (χ1n) is 9.50. The van der Waals surface area contributed by atoms with Crippen LogP contribution >= 0.6 is 11.6 Å². The minimum Gasteiger partial charge on any atom is -0.356 e. The van der Waals surface area contributed by atoms with Gasteiger partial charge in [-0.2, -0.15) is 5.10 Å². The topological polar surface area (TPSA) is 68.8 Å². The number of halogens is 1. The van der Waals surface area contributed by atoms with E-state index in [1.807, 2.05) is 43.3 Å². The van der Waals surface area contributed by atoms with Crippen molar-refractivity contribution in [3.63, 3.8) is 0 Å². The molecule has 1 fully saturated rings. The van der Waals surface area contributed by atoms with Crippen molar-refractivity contribution in [1.82, 2.24) is 14.9 Å². The molecule has 0 spiro atoms. The zero-order valence-corrected chi connectivity index (χ0v) is 16.6. The van der Waals surface area contributed by atoms with Gasteiger partial charge in [-0.15, -0.1) is 0 Å². The van der Waals surface area contributed by atoms with Gasteiger partial charge in [-0.05, 0) is 42.7 Å².